The minimum absolute atomic E-state index is 0.874. The fraction of sp³-hybridized carbons (Fsp3) is 0.0526. The van der Waals surface area contributed by atoms with Gasteiger partial charge in [-0.1, -0.05) is 179 Å². The highest BCUT2D eigenvalue weighted by molar-refractivity contribution is 8.34. The average molecular weight is 752 g/mol. The summed E-state index contributed by atoms with van der Waals surface area (Å²) in [6.07, 6.45) is 0. The SMILES string of the molecule is C1=C(c2ccc(N(Cc3ccccc3)Cc3ccccc3)cc2)SC(=C2Sc3cc4c(cc3S2)SC(=C2Sc3ccccc3S2)S4)S1. The Balaban J connectivity index is 0.882. The van der Waals surface area contributed by atoms with Crippen molar-refractivity contribution < 1.29 is 0 Å². The van der Waals surface area contributed by atoms with Crippen molar-refractivity contribution in [2.75, 3.05) is 4.90 Å². The van der Waals surface area contributed by atoms with Crippen molar-refractivity contribution in [1.29, 1.82) is 0 Å². The Hall–Kier alpha value is -2.08. The minimum atomic E-state index is 0.874. The summed E-state index contributed by atoms with van der Waals surface area (Å²) < 4.78 is 5.65. The molecule has 0 aliphatic carbocycles. The van der Waals surface area contributed by atoms with Crippen LogP contribution in [0.5, 0.6) is 0 Å². The molecule has 0 unspecified atom stereocenters. The molecule has 0 amide bonds. The van der Waals surface area contributed by atoms with Crippen molar-refractivity contribution >= 4 is 105 Å². The molecule has 0 radical (unpaired) electrons. The lowest BCUT2D eigenvalue weighted by Gasteiger charge is -2.25. The van der Waals surface area contributed by atoms with Crippen molar-refractivity contribution in [2.45, 2.75) is 42.5 Å². The van der Waals surface area contributed by atoms with Gasteiger partial charge in [-0.15, -0.1) is 0 Å². The number of anilines is 1. The van der Waals surface area contributed by atoms with E-state index in [1.54, 1.807) is 0 Å². The highest BCUT2D eigenvalue weighted by atomic mass is 32.2. The van der Waals surface area contributed by atoms with E-state index in [-0.39, 0.29) is 0 Å². The van der Waals surface area contributed by atoms with E-state index in [2.05, 4.69) is 132 Å². The molecule has 4 heterocycles. The summed E-state index contributed by atoms with van der Waals surface area (Å²) in [7, 11) is 0. The number of fused-ring (bicyclic) bond motifs is 3. The summed E-state index contributed by atoms with van der Waals surface area (Å²) in [4.78, 5) is 12.1. The quantitative estimate of drug-likeness (QED) is 0.165. The van der Waals surface area contributed by atoms with E-state index >= 15 is 0 Å². The zero-order chi connectivity index (χ0) is 31.2. The van der Waals surface area contributed by atoms with E-state index < -0.39 is 0 Å². The first kappa shape index (κ1) is 30.9. The molecule has 0 bridgehead atoms. The smallest absolute Gasteiger partial charge is 0.0706 e. The molecule has 4 aliphatic heterocycles. The molecule has 0 saturated heterocycles. The van der Waals surface area contributed by atoms with Crippen LogP contribution in [0.3, 0.4) is 0 Å². The van der Waals surface area contributed by atoms with E-state index in [1.165, 1.54) is 73.6 Å². The Morgan fingerprint density at radius 1 is 0.404 bits per heavy atom. The number of rotatable bonds is 6. The minimum Gasteiger partial charge on any atom is -0.363 e. The molecule has 230 valence electrons. The van der Waals surface area contributed by atoms with Gasteiger partial charge in [0.15, 0.2) is 0 Å². The number of nitrogens with zero attached hydrogens (tertiary/aromatic N) is 1. The molecular weight excluding hydrogens is 727 g/mol. The molecule has 9 heteroatoms. The molecular formula is C38H25NS8. The van der Waals surface area contributed by atoms with Crippen molar-refractivity contribution in [3.8, 4) is 0 Å². The third kappa shape index (κ3) is 6.63. The summed E-state index contributed by atoms with van der Waals surface area (Å²) in [5.74, 6) is 0. The topological polar surface area (TPSA) is 3.24 Å². The number of benzene rings is 5. The highest BCUT2D eigenvalue weighted by Gasteiger charge is 2.31. The average Bonchev–Trinajstić information content (AvgIpc) is 3.92. The lowest BCUT2D eigenvalue weighted by molar-refractivity contribution is 0.800. The Bertz CT molecular complexity index is 1980. The normalized spacial score (nSPS) is 16.4. The molecule has 47 heavy (non-hydrogen) atoms. The van der Waals surface area contributed by atoms with Crippen LogP contribution < -0.4 is 4.90 Å². The first-order valence-electron chi connectivity index (χ1n) is 15.0. The van der Waals surface area contributed by atoms with Gasteiger partial charge in [0.05, 0.1) is 16.9 Å². The van der Waals surface area contributed by atoms with E-state index in [0.29, 0.717) is 0 Å². The van der Waals surface area contributed by atoms with Crippen LogP contribution >= 0.6 is 94.1 Å². The first-order valence-corrected chi connectivity index (χ1v) is 21.6. The van der Waals surface area contributed by atoms with Crippen molar-refractivity contribution in [3.05, 3.63) is 160 Å². The van der Waals surface area contributed by atoms with E-state index in [0.717, 1.165) is 13.1 Å². The van der Waals surface area contributed by atoms with Crippen LogP contribution in [-0.4, -0.2) is 0 Å². The lowest BCUT2D eigenvalue weighted by Crippen LogP contribution is -2.22. The molecule has 0 atom stereocenters. The number of thioether (sulfide) groups is 8. The van der Waals surface area contributed by atoms with Crippen molar-refractivity contribution in [2.24, 2.45) is 0 Å². The van der Waals surface area contributed by atoms with Gasteiger partial charge in [-0.2, -0.15) is 0 Å². The Labute approximate surface area is 309 Å². The van der Waals surface area contributed by atoms with Gasteiger partial charge in [-0.25, -0.2) is 0 Å². The van der Waals surface area contributed by atoms with Crippen LogP contribution in [0.2, 0.25) is 0 Å². The van der Waals surface area contributed by atoms with E-state index in [1.807, 2.05) is 94.1 Å². The van der Waals surface area contributed by atoms with Gasteiger partial charge in [0.2, 0.25) is 0 Å². The maximum atomic E-state index is 2.47. The molecule has 0 saturated carbocycles. The molecule has 0 fully saturated rings. The van der Waals surface area contributed by atoms with Gasteiger partial charge in [-0.05, 0) is 58.5 Å². The van der Waals surface area contributed by atoms with Gasteiger partial charge in [0.25, 0.3) is 0 Å². The maximum absolute atomic E-state index is 2.47. The second kappa shape index (κ2) is 13.7. The molecule has 4 aliphatic rings. The molecule has 5 aromatic carbocycles. The fourth-order valence-corrected chi connectivity index (χ4v) is 16.2. The van der Waals surface area contributed by atoms with Crippen molar-refractivity contribution in [3.63, 3.8) is 0 Å². The summed E-state index contributed by atoms with van der Waals surface area (Å²) in [6.45, 7) is 1.75. The van der Waals surface area contributed by atoms with Gasteiger partial charge in [-0.3, -0.25) is 0 Å². The fourth-order valence-electron chi connectivity index (χ4n) is 5.53. The van der Waals surface area contributed by atoms with Crippen LogP contribution in [0.15, 0.2) is 173 Å². The third-order valence-electron chi connectivity index (χ3n) is 7.83. The van der Waals surface area contributed by atoms with Gasteiger partial charge < -0.3 is 4.90 Å². The summed E-state index contributed by atoms with van der Waals surface area (Å²) in [5, 5.41) is 2.33. The van der Waals surface area contributed by atoms with Crippen LogP contribution in [0.25, 0.3) is 4.91 Å². The van der Waals surface area contributed by atoms with Crippen LogP contribution in [0, 0.1) is 0 Å². The zero-order valence-corrected chi connectivity index (χ0v) is 31.3. The molecule has 5 aromatic rings. The highest BCUT2D eigenvalue weighted by Crippen LogP contribution is 2.65. The van der Waals surface area contributed by atoms with Gasteiger partial charge in [0.1, 0.15) is 0 Å². The largest absolute Gasteiger partial charge is 0.363 e. The van der Waals surface area contributed by atoms with Crippen LogP contribution in [0.4, 0.5) is 5.69 Å². The molecule has 0 spiro atoms. The predicted octanol–water partition coefficient (Wildman–Crippen LogP) is 13.9. The monoisotopic (exact) mass is 751 g/mol. The molecule has 9 rings (SSSR count). The van der Waals surface area contributed by atoms with Gasteiger partial charge in [0, 0.05) is 53.1 Å². The second-order valence-electron chi connectivity index (χ2n) is 11.0. The Kier molecular flexibility index (Phi) is 9.00. The summed E-state index contributed by atoms with van der Waals surface area (Å²) in [5.41, 5.74) is 5.16. The second-order valence-corrected chi connectivity index (χ2v) is 20.3. The number of hydrogen-bond donors (Lipinski definition) is 0. The van der Waals surface area contributed by atoms with E-state index in [4.69, 9.17) is 0 Å². The number of hydrogen-bond acceptors (Lipinski definition) is 9. The first-order chi connectivity index (χ1) is 23.2. The summed E-state index contributed by atoms with van der Waals surface area (Å²) >= 11 is 15.4. The van der Waals surface area contributed by atoms with Crippen molar-refractivity contribution in [1.82, 2.24) is 0 Å². The zero-order valence-electron chi connectivity index (χ0n) is 24.8. The Morgan fingerprint density at radius 3 is 1.36 bits per heavy atom. The van der Waals surface area contributed by atoms with Gasteiger partial charge >= 0.3 is 0 Å². The predicted molar refractivity (Wildman–Crippen MR) is 214 cm³/mol. The Morgan fingerprint density at radius 2 is 0.851 bits per heavy atom. The summed E-state index contributed by atoms with van der Waals surface area (Å²) in [6, 6.07) is 44.3. The van der Waals surface area contributed by atoms with Crippen LogP contribution in [0.1, 0.15) is 16.7 Å². The third-order valence-corrected chi connectivity index (χ3v) is 18.9. The van der Waals surface area contributed by atoms with Crippen LogP contribution in [-0.2, 0) is 13.1 Å². The standard InChI is InChI=1S/C38H25NS8/c1-3-9-24(10-4-1)21-39(22-25-11-5-2-6-12-25)27-17-15-26(16-18-27)34-23-40-35(47-34)36-43-30-19-32-33(20-31(30)44-36)46-38(45-32)37-41-28-13-7-8-14-29(28)42-37/h1-20,23H,21-22H2. The maximum Gasteiger partial charge on any atom is 0.0706 e. The lowest BCUT2D eigenvalue weighted by atomic mass is 10.1. The molecule has 0 aromatic heterocycles. The molecule has 0 N–H and O–H groups in total. The van der Waals surface area contributed by atoms with E-state index in [9.17, 15) is 0 Å². The molecule has 1 nitrogen and oxygen atoms in total.